The van der Waals surface area contributed by atoms with Crippen LogP contribution in [0.2, 0.25) is 0 Å². The molecule has 0 radical (unpaired) electrons. The molecule has 2 aromatic rings. The molecule has 96 valence electrons. The quantitative estimate of drug-likeness (QED) is 0.868. The summed E-state index contributed by atoms with van der Waals surface area (Å²) in [5.74, 6) is 0. The second kappa shape index (κ2) is 5.77. The van der Waals surface area contributed by atoms with Gasteiger partial charge in [0, 0.05) is 17.8 Å². The molecule has 0 atom stereocenters. The Kier molecular flexibility index (Phi) is 4.31. The molecule has 2 heteroatoms. The normalized spacial score (nSPS) is 11.9. The number of hydrogen-bond donors (Lipinski definition) is 1. The van der Waals surface area contributed by atoms with E-state index in [-0.39, 0.29) is 0 Å². The number of thioether (sulfide) groups is 1. The maximum Gasteiger partial charge on any atom is 0.0225 e. The minimum Gasteiger partial charge on any atom is -0.311 e. The van der Waals surface area contributed by atoms with Gasteiger partial charge in [-0.3, -0.25) is 0 Å². The van der Waals surface area contributed by atoms with Crippen LogP contribution in [0, 0.1) is 0 Å². The van der Waals surface area contributed by atoms with Gasteiger partial charge in [0.15, 0.2) is 0 Å². The molecule has 0 aliphatic heterocycles. The fraction of sp³-hybridized carbons (Fsp3) is 0.375. The molecular weight excluding hydrogens is 238 g/mol. The first-order valence-electron chi connectivity index (χ1n) is 6.34. The molecule has 0 aromatic heterocycles. The molecule has 0 spiro atoms. The zero-order valence-corrected chi connectivity index (χ0v) is 12.2. The smallest absolute Gasteiger partial charge is 0.0225 e. The highest BCUT2D eigenvalue weighted by atomic mass is 32.2. The van der Waals surface area contributed by atoms with Gasteiger partial charge in [0.2, 0.25) is 0 Å². The Hall–Kier alpha value is -0.990. The lowest BCUT2D eigenvalue weighted by Crippen LogP contribution is -2.31. The summed E-state index contributed by atoms with van der Waals surface area (Å²) in [6, 6.07) is 15.2. The molecule has 1 nitrogen and oxygen atoms in total. The Morgan fingerprint density at radius 2 is 1.78 bits per heavy atom. The van der Waals surface area contributed by atoms with E-state index in [1.807, 2.05) is 11.8 Å². The summed E-state index contributed by atoms with van der Waals surface area (Å²) in [5.41, 5.74) is 1.35. The molecule has 2 rings (SSSR count). The molecule has 0 saturated carbocycles. The second-order valence-electron chi connectivity index (χ2n) is 5.25. The molecule has 0 saturated heterocycles. The van der Waals surface area contributed by atoms with E-state index in [4.69, 9.17) is 0 Å². The van der Waals surface area contributed by atoms with Gasteiger partial charge < -0.3 is 5.32 Å². The van der Waals surface area contributed by atoms with Crippen molar-refractivity contribution in [3.05, 3.63) is 48.0 Å². The lowest BCUT2D eigenvalue weighted by Gasteiger charge is -2.22. The van der Waals surface area contributed by atoms with Gasteiger partial charge in [-0.05, 0) is 42.5 Å². The Morgan fingerprint density at radius 3 is 2.50 bits per heavy atom. The summed E-state index contributed by atoms with van der Waals surface area (Å²) in [6.07, 6.45) is 2.16. The molecule has 2 aromatic carbocycles. The number of nitrogens with one attached hydrogen (secondary N) is 1. The second-order valence-corrected chi connectivity index (χ2v) is 6.76. The van der Waals surface area contributed by atoms with E-state index >= 15 is 0 Å². The summed E-state index contributed by atoms with van der Waals surface area (Å²) in [4.78, 5) is 0. The fourth-order valence-electron chi connectivity index (χ4n) is 1.93. The minimum absolute atomic E-state index is 0.302. The third-order valence-electron chi connectivity index (χ3n) is 3.25. The van der Waals surface area contributed by atoms with E-state index in [2.05, 4.69) is 67.9 Å². The zero-order valence-electron chi connectivity index (χ0n) is 11.4. The van der Waals surface area contributed by atoms with Crippen molar-refractivity contribution in [2.24, 2.45) is 0 Å². The Bertz CT molecular complexity index is 519. The van der Waals surface area contributed by atoms with Gasteiger partial charge in [0.1, 0.15) is 0 Å². The maximum atomic E-state index is 3.54. The Labute approximate surface area is 114 Å². The van der Waals surface area contributed by atoms with Crippen molar-refractivity contribution in [3.63, 3.8) is 0 Å². The summed E-state index contributed by atoms with van der Waals surface area (Å²) < 4.78 is 0.302. The minimum atomic E-state index is 0.302. The molecule has 0 fully saturated rings. The lowest BCUT2D eigenvalue weighted by molar-refractivity contribution is 0.591. The van der Waals surface area contributed by atoms with Crippen molar-refractivity contribution in [1.82, 2.24) is 5.32 Å². The van der Waals surface area contributed by atoms with Crippen LogP contribution in [0.5, 0.6) is 0 Å². The van der Waals surface area contributed by atoms with E-state index in [0.29, 0.717) is 4.75 Å². The summed E-state index contributed by atoms with van der Waals surface area (Å²) in [5, 5.41) is 6.17. The number of hydrogen-bond acceptors (Lipinski definition) is 2. The third-order valence-corrected chi connectivity index (χ3v) is 4.50. The van der Waals surface area contributed by atoms with E-state index in [9.17, 15) is 0 Å². The first kappa shape index (κ1) is 13.4. The summed E-state index contributed by atoms with van der Waals surface area (Å²) in [6.45, 7) is 6.51. The van der Waals surface area contributed by atoms with Gasteiger partial charge in [-0.25, -0.2) is 0 Å². The van der Waals surface area contributed by atoms with Gasteiger partial charge in [-0.1, -0.05) is 36.4 Å². The average molecular weight is 259 g/mol. The topological polar surface area (TPSA) is 12.0 Å². The molecule has 0 heterocycles. The van der Waals surface area contributed by atoms with Gasteiger partial charge in [-0.2, -0.15) is 11.8 Å². The maximum absolute atomic E-state index is 3.54. The standard InChI is InChI=1S/C16H21NS/c1-16(2,18-3)12-17-11-13-8-9-14-6-4-5-7-15(14)10-13/h4-10,17H,11-12H2,1-3H3. The summed E-state index contributed by atoms with van der Waals surface area (Å²) in [7, 11) is 0. The van der Waals surface area contributed by atoms with Crippen molar-refractivity contribution in [2.45, 2.75) is 25.1 Å². The van der Waals surface area contributed by atoms with E-state index in [1.165, 1.54) is 16.3 Å². The van der Waals surface area contributed by atoms with Crippen LogP contribution in [0.1, 0.15) is 19.4 Å². The molecular formula is C16H21NS. The largest absolute Gasteiger partial charge is 0.311 e. The third kappa shape index (κ3) is 3.50. The first-order valence-corrected chi connectivity index (χ1v) is 7.57. The van der Waals surface area contributed by atoms with E-state index < -0.39 is 0 Å². The van der Waals surface area contributed by atoms with E-state index in [1.54, 1.807) is 0 Å². The van der Waals surface area contributed by atoms with Crippen LogP contribution in [0.4, 0.5) is 0 Å². The van der Waals surface area contributed by atoms with Crippen LogP contribution < -0.4 is 5.32 Å². The van der Waals surface area contributed by atoms with Crippen LogP contribution >= 0.6 is 11.8 Å². The lowest BCUT2D eigenvalue weighted by atomic mass is 10.1. The monoisotopic (exact) mass is 259 g/mol. The van der Waals surface area contributed by atoms with Crippen LogP contribution in [-0.4, -0.2) is 17.5 Å². The molecule has 0 amide bonds. The van der Waals surface area contributed by atoms with Crippen molar-refractivity contribution in [1.29, 1.82) is 0 Å². The van der Waals surface area contributed by atoms with E-state index in [0.717, 1.165) is 13.1 Å². The van der Waals surface area contributed by atoms with Crippen molar-refractivity contribution in [3.8, 4) is 0 Å². The Balaban J connectivity index is 2.00. The highest BCUT2D eigenvalue weighted by molar-refractivity contribution is 7.99. The highest BCUT2D eigenvalue weighted by Gasteiger charge is 2.14. The SMILES string of the molecule is CSC(C)(C)CNCc1ccc2ccccc2c1. The predicted molar refractivity (Wildman–Crippen MR) is 83.2 cm³/mol. The van der Waals surface area contributed by atoms with Gasteiger partial charge in [0.05, 0.1) is 0 Å². The highest BCUT2D eigenvalue weighted by Crippen LogP contribution is 2.20. The molecule has 0 unspecified atom stereocenters. The molecule has 0 bridgehead atoms. The molecule has 18 heavy (non-hydrogen) atoms. The summed E-state index contributed by atoms with van der Waals surface area (Å²) >= 11 is 1.90. The van der Waals surface area contributed by atoms with Crippen LogP contribution in [0.15, 0.2) is 42.5 Å². The molecule has 1 N–H and O–H groups in total. The van der Waals surface area contributed by atoms with Gasteiger partial charge in [-0.15, -0.1) is 0 Å². The predicted octanol–water partition coefficient (Wildman–Crippen LogP) is 4.07. The van der Waals surface area contributed by atoms with Crippen molar-refractivity contribution >= 4 is 22.5 Å². The van der Waals surface area contributed by atoms with Gasteiger partial charge in [0.25, 0.3) is 0 Å². The molecule has 0 aliphatic carbocycles. The number of benzene rings is 2. The Morgan fingerprint density at radius 1 is 1.06 bits per heavy atom. The number of rotatable bonds is 5. The van der Waals surface area contributed by atoms with Crippen molar-refractivity contribution < 1.29 is 0 Å². The van der Waals surface area contributed by atoms with Gasteiger partial charge >= 0.3 is 0 Å². The van der Waals surface area contributed by atoms with Crippen LogP contribution in [0.3, 0.4) is 0 Å². The van der Waals surface area contributed by atoms with Crippen LogP contribution in [-0.2, 0) is 6.54 Å². The van der Waals surface area contributed by atoms with Crippen LogP contribution in [0.25, 0.3) is 10.8 Å². The number of fused-ring (bicyclic) bond motifs is 1. The first-order chi connectivity index (χ1) is 8.61. The zero-order chi connectivity index (χ0) is 13.0. The average Bonchev–Trinajstić information content (AvgIpc) is 2.38. The molecule has 0 aliphatic rings. The fourth-order valence-corrected chi connectivity index (χ4v) is 2.18. The van der Waals surface area contributed by atoms with Crippen molar-refractivity contribution in [2.75, 3.05) is 12.8 Å².